The van der Waals surface area contributed by atoms with E-state index in [-0.39, 0.29) is 36.8 Å². The van der Waals surface area contributed by atoms with Crippen LogP contribution in [0.25, 0.3) is 0 Å². The molecule has 0 aliphatic carbocycles. The van der Waals surface area contributed by atoms with Crippen LogP contribution < -0.4 is 5.32 Å². The Balaban J connectivity index is 0.00000288. The molecule has 0 spiro atoms. The highest BCUT2D eigenvalue weighted by molar-refractivity contribution is 5.85. The molecular formula is C19H33Cl2N3O. The lowest BCUT2D eigenvalue weighted by Crippen LogP contribution is -2.46. The van der Waals surface area contributed by atoms with Gasteiger partial charge in [0, 0.05) is 13.1 Å². The van der Waals surface area contributed by atoms with Gasteiger partial charge in [-0.1, -0.05) is 44.2 Å². The molecule has 1 aliphatic rings. The molecule has 0 saturated carbocycles. The van der Waals surface area contributed by atoms with Crippen LogP contribution in [0.2, 0.25) is 0 Å². The molecule has 4 nitrogen and oxygen atoms in total. The molecule has 144 valence electrons. The van der Waals surface area contributed by atoms with Crippen molar-refractivity contribution < 1.29 is 4.79 Å². The Labute approximate surface area is 165 Å². The van der Waals surface area contributed by atoms with E-state index in [9.17, 15) is 4.79 Å². The van der Waals surface area contributed by atoms with Crippen LogP contribution in [0.3, 0.4) is 0 Å². The van der Waals surface area contributed by atoms with Gasteiger partial charge in [-0.2, -0.15) is 0 Å². The molecule has 6 heteroatoms. The van der Waals surface area contributed by atoms with Crippen LogP contribution in [0, 0.1) is 5.92 Å². The Bertz CT molecular complexity index is 479. The predicted molar refractivity (Wildman–Crippen MR) is 110 cm³/mol. The smallest absolute Gasteiger partial charge is 0.244 e. The van der Waals surface area contributed by atoms with Gasteiger partial charge in [-0.05, 0) is 51.0 Å². The number of likely N-dealkylation sites (tertiary alicyclic amines) is 1. The zero-order valence-electron chi connectivity index (χ0n) is 15.6. The van der Waals surface area contributed by atoms with Gasteiger partial charge in [0.05, 0.1) is 0 Å². The zero-order chi connectivity index (χ0) is 16.7. The number of halogens is 2. The van der Waals surface area contributed by atoms with Crippen molar-refractivity contribution in [3.05, 3.63) is 35.9 Å². The predicted octanol–water partition coefficient (Wildman–Crippen LogP) is 3.37. The summed E-state index contributed by atoms with van der Waals surface area (Å²) in [7, 11) is 2.04. The van der Waals surface area contributed by atoms with Crippen molar-refractivity contribution in [1.29, 1.82) is 0 Å². The first-order valence-corrected chi connectivity index (χ1v) is 8.92. The molecule has 1 saturated heterocycles. The van der Waals surface area contributed by atoms with E-state index >= 15 is 0 Å². The number of hydrogen-bond acceptors (Lipinski definition) is 3. The highest BCUT2D eigenvalue weighted by atomic mass is 35.5. The van der Waals surface area contributed by atoms with Crippen molar-refractivity contribution in [2.24, 2.45) is 5.92 Å². The van der Waals surface area contributed by atoms with E-state index in [1.807, 2.05) is 25.2 Å². The van der Waals surface area contributed by atoms with Crippen molar-refractivity contribution in [1.82, 2.24) is 15.1 Å². The summed E-state index contributed by atoms with van der Waals surface area (Å²) in [6.45, 7) is 8.98. The Hall–Kier alpha value is -0.810. The first-order chi connectivity index (χ1) is 11.2. The molecule has 0 radical (unpaired) electrons. The average molecular weight is 390 g/mol. The maximum atomic E-state index is 13.1. The number of nitrogens with one attached hydrogen (secondary N) is 1. The van der Waals surface area contributed by atoms with E-state index in [0.29, 0.717) is 5.92 Å². The molecule has 1 heterocycles. The van der Waals surface area contributed by atoms with Crippen LogP contribution in [0.15, 0.2) is 30.3 Å². The summed E-state index contributed by atoms with van der Waals surface area (Å²) in [6, 6.07) is 10.00. The SMILES string of the molecule is CCNCC1CCN(C(=O)C(c2ccccc2)N(C)CC)CC1.Cl.Cl. The number of rotatable bonds is 7. The maximum absolute atomic E-state index is 13.1. The summed E-state index contributed by atoms with van der Waals surface area (Å²) in [5, 5.41) is 3.43. The fourth-order valence-corrected chi connectivity index (χ4v) is 3.28. The highest BCUT2D eigenvalue weighted by Crippen LogP contribution is 2.25. The summed E-state index contributed by atoms with van der Waals surface area (Å²) in [5.41, 5.74) is 1.09. The maximum Gasteiger partial charge on any atom is 0.244 e. The number of nitrogens with zero attached hydrogens (tertiary/aromatic N) is 2. The van der Waals surface area contributed by atoms with Crippen LogP contribution >= 0.6 is 24.8 Å². The minimum absolute atomic E-state index is 0. The summed E-state index contributed by atoms with van der Waals surface area (Å²) in [5.74, 6) is 0.959. The molecule has 1 unspecified atom stereocenters. The van der Waals surface area contributed by atoms with Gasteiger partial charge in [0.25, 0.3) is 0 Å². The average Bonchev–Trinajstić information content (AvgIpc) is 2.61. The van der Waals surface area contributed by atoms with Crippen molar-refractivity contribution >= 4 is 30.7 Å². The van der Waals surface area contributed by atoms with Gasteiger partial charge in [0.1, 0.15) is 6.04 Å². The van der Waals surface area contributed by atoms with Gasteiger partial charge < -0.3 is 10.2 Å². The van der Waals surface area contributed by atoms with Gasteiger partial charge >= 0.3 is 0 Å². The Kier molecular flexibility index (Phi) is 12.1. The Morgan fingerprint density at radius 2 is 1.80 bits per heavy atom. The lowest BCUT2D eigenvalue weighted by molar-refractivity contribution is -0.138. The lowest BCUT2D eigenvalue weighted by Gasteiger charge is -2.36. The van der Waals surface area contributed by atoms with E-state index in [2.05, 4.69) is 41.1 Å². The number of amides is 1. The molecule has 1 N–H and O–H groups in total. The topological polar surface area (TPSA) is 35.6 Å². The molecular weight excluding hydrogens is 357 g/mol. The summed E-state index contributed by atoms with van der Waals surface area (Å²) >= 11 is 0. The first kappa shape index (κ1) is 24.2. The van der Waals surface area contributed by atoms with Crippen molar-refractivity contribution in [3.8, 4) is 0 Å². The summed E-state index contributed by atoms with van der Waals surface area (Å²) < 4.78 is 0. The van der Waals surface area contributed by atoms with E-state index in [4.69, 9.17) is 0 Å². The number of likely N-dealkylation sites (N-methyl/N-ethyl adjacent to an activating group) is 1. The van der Waals surface area contributed by atoms with Crippen molar-refractivity contribution in [2.45, 2.75) is 32.7 Å². The molecule has 1 aromatic rings. The van der Waals surface area contributed by atoms with Gasteiger partial charge in [-0.15, -0.1) is 24.8 Å². The molecule has 0 aromatic heterocycles. The molecule has 1 atom stereocenters. The third-order valence-corrected chi connectivity index (χ3v) is 4.90. The minimum Gasteiger partial charge on any atom is -0.341 e. The molecule has 1 aliphatic heterocycles. The molecule has 25 heavy (non-hydrogen) atoms. The molecule has 1 fully saturated rings. The number of piperidine rings is 1. The molecule has 2 rings (SSSR count). The number of carbonyl (C=O) groups is 1. The molecule has 1 amide bonds. The molecule has 0 bridgehead atoms. The van der Waals surface area contributed by atoms with Gasteiger partial charge in [0.15, 0.2) is 0 Å². The summed E-state index contributed by atoms with van der Waals surface area (Å²) in [4.78, 5) is 17.3. The van der Waals surface area contributed by atoms with Crippen LogP contribution in [0.1, 0.15) is 38.3 Å². The third-order valence-electron chi connectivity index (χ3n) is 4.90. The number of benzene rings is 1. The normalized spacial score (nSPS) is 16.1. The number of hydrogen-bond donors (Lipinski definition) is 1. The van der Waals surface area contributed by atoms with E-state index < -0.39 is 0 Å². The van der Waals surface area contributed by atoms with Crippen LogP contribution in [-0.2, 0) is 4.79 Å². The van der Waals surface area contributed by atoms with Crippen LogP contribution in [0.4, 0.5) is 0 Å². The molecule has 1 aromatic carbocycles. The van der Waals surface area contributed by atoms with Gasteiger partial charge in [-0.25, -0.2) is 0 Å². The third kappa shape index (κ3) is 6.78. The Morgan fingerprint density at radius 1 is 1.20 bits per heavy atom. The lowest BCUT2D eigenvalue weighted by atomic mass is 9.95. The monoisotopic (exact) mass is 389 g/mol. The fraction of sp³-hybridized carbons (Fsp3) is 0.632. The highest BCUT2D eigenvalue weighted by Gasteiger charge is 2.31. The largest absolute Gasteiger partial charge is 0.341 e. The van der Waals surface area contributed by atoms with Crippen molar-refractivity contribution in [3.63, 3.8) is 0 Å². The van der Waals surface area contributed by atoms with Gasteiger partial charge in [-0.3, -0.25) is 9.69 Å². The first-order valence-electron chi connectivity index (χ1n) is 8.92. The minimum atomic E-state index is -0.161. The van der Waals surface area contributed by atoms with Gasteiger partial charge in [0.2, 0.25) is 5.91 Å². The van der Waals surface area contributed by atoms with Crippen LogP contribution in [0.5, 0.6) is 0 Å². The van der Waals surface area contributed by atoms with Crippen molar-refractivity contribution in [2.75, 3.05) is 39.8 Å². The van der Waals surface area contributed by atoms with E-state index in [0.717, 1.165) is 51.1 Å². The standard InChI is InChI=1S/C19H31N3O.2ClH/c1-4-20-15-16-11-13-22(14-12-16)19(23)18(21(3)5-2)17-9-7-6-8-10-17;;/h6-10,16,18,20H,4-5,11-15H2,1-3H3;2*1H. The fourth-order valence-electron chi connectivity index (χ4n) is 3.28. The van der Waals surface area contributed by atoms with E-state index in [1.165, 1.54) is 0 Å². The number of carbonyl (C=O) groups excluding carboxylic acids is 1. The van der Waals surface area contributed by atoms with E-state index in [1.54, 1.807) is 0 Å². The Morgan fingerprint density at radius 3 is 2.32 bits per heavy atom. The second-order valence-electron chi connectivity index (χ2n) is 6.46. The summed E-state index contributed by atoms with van der Waals surface area (Å²) in [6.07, 6.45) is 2.21. The van der Waals surface area contributed by atoms with Crippen LogP contribution in [-0.4, -0.2) is 55.5 Å². The quantitative estimate of drug-likeness (QED) is 0.776. The zero-order valence-corrected chi connectivity index (χ0v) is 17.2. The second kappa shape index (κ2) is 12.5. The second-order valence-corrected chi connectivity index (χ2v) is 6.46.